The zero-order valence-electron chi connectivity index (χ0n) is 14.1. The van der Waals surface area contributed by atoms with Crippen molar-refractivity contribution in [3.05, 3.63) is 54.2 Å². The Labute approximate surface area is 158 Å². The fourth-order valence-electron chi connectivity index (χ4n) is 3.14. The Morgan fingerprint density at radius 2 is 1.96 bits per heavy atom. The molecule has 3 aromatic rings. The minimum Gasteiger partial charge on any atom is -0.394 e. The van der Waals surface area contributed by atoms with Gasteiger partial charge in [0, 0.05) is 11.9 Å². The summed E-state index contributed by atoms with van der Waals surface area (Å²) >= 11 is 1.38. The van der Waals surface area contributed by atoms with Crippen LogP contribution >= 0.6 is 11.8 Å². The summed E-state index contributed by atoms with van der Waals surface area (Å²) in [6, 6.07) is 8.36. The van der Waals surface area contributed by atoms with Crippen LogP contribution in [0, 0.1) is 5.82 Å². The van der Waals surface area contributed by atoms with Crippen molar-refractivity contribution in [3.8, 4) is 0 Å². The zero-order chi connectivity index (χ0) is 19.0. The van der Waals surface area contributed by atoms with E-state index in [0.717, 1.165) is 5.39 Å². The minimum atomic E-state index is -1.19. The monoisotopic (exact) mass is 391 g/mol. The fraction of sp³-hybridized carbons (Fsp3) is 0.333. The summed E-state index contributed by atoms with van der Waals surface area (Å²) in [4.78, 5) is 8.54. The van der Waals surface area contributed by atoms with Crippen LogP contribution in [0.4, 0.5) is 4.39 Å². The number of hydrogen-bond acceptors (Lipinski definition) is 7. The van der Waals surface area contributed by atoms with Crippen LogP contribution in [-0.2, 0) is 10.5 Å². The van der Waals surface area contributed by atoms with Gasteiger partial charge in [-0.3, -0.25) is 0 Å². The topological polar surface area (TPSA) is 101 Å². The Morgan fingerprint density at radius 1 is 1.15 bits per heavy atom. The van der Waals surface area contributed by atoms with Gasteiger partial charge in [0.2, 0.25) is 0 Å². The van der Waals surface area contributed by atoms with Gasteiger partial charge in [0.05, 0.1) is 12.0 Å². The van der Waals surface area contributed by atoms with E-state index in [1.807, 2.05) is 0 Å². The first-order valence-electron chi connectivity index (χ1n) is 8.40. The number of fused-ring (bicyclic) bond motifs is 1. The molecule has 7 nitrogen and oxygen atoms in total. The van der Waals surface area contributed by atoms with Gasteiger partial charge in [-0.1, -0.05) is 18.2 Å². The number of nitrogens with zero attached hydrogens (tertiary/aromatic N) is 3. The van der Waals surface area contributed by atoms with Crippen molar-refractivity contribution in [2.75, 3.05) is 6.61 Å². The lowest BCUT2D eigenvalue weighted by atomic mass is 10.1. The molecule has 2 aromatic heterocycles. The fourth-order valence-corrected chi connectivity index (χ4v) is 4.10. The number of benzene rings is 1. The molecule has 0 amide bonds. The van der Waals surface area contributed by atoms with Crippen molar-refractivity contribution in [2.45, 2.75) is 35.3 Å². The molecule has 3 heterocycles. The third kappa shape index (κ3) is 3.32. The number of rotatable bonds is 5. The Hall–Kier alpha value is -2.04. The standard InChI is InChI=1S/C18H18FN3O4S/c19-12-4-2-1-3-10(12)8-27-17-11-5-6-22(16(11)20-9-21-17)18-15(25)14(24)13(7-23)26-18/h1-6,9,13-15,18,23-25H,7-8H2/t13-,14-,15-,18-/m1/s1. The van der Waals surface area contributed by atoms with Crippen LogP contribution < -0.4 is 0 Å². The van der Waals surface area contributed by atoms with Crippen LogP contribution in [0.5, 0.6) is 0 Å². The first-order valence-corrected chi connectivity index (χ1v) is 9.39. The maximum absolute atomic E-state index is 13.8. The van der Waals surface area contributed by atoms with E-state index < -0.39 is 31.1 Å². The van der Waals surface area contributed by atoms with Gasteiger partial charge >= 0.3 is 0 Å². The average molecular weight is 391 g/mol. The molecule has 27 heavy (non-hydrogen) atoms. The SMILES string of the molecule is OC[C@H]1O[C@@H](n2ccc3c(SCc4ccccc4F)ncnc32)[C@H](O)[C@@H]1O. The van der Waals surface area contributed by atoms with Crippen molar-refractivity contribution < 1.29 is 24.4 Å². The first-order chi connectivity index (χ1) is 13.1. The molecule has 142 valence electrons. The van der Waals surface area contributed by atoms with Crippen molar-refractivity contribution >= 4 is 22.8 Å². The van der Waals surface area contributed by atoms with E-state index in [1.165, 1.54) is 24.2 Å². The molecule has 1 aromatic carbocycles. The van der Waals surface area contributed by atoms with Crippen LogP contribution in [-0.4, -0.2) is 54.8 Å². The third-order valence-corrected chi connectivity index (χ3v) is 5.64. The minimum absolute atomic E-state index is 0.264. The molecule has 1 aliphatic rings. The molecule has 9 heteroatoms. The third-order valence-electron chi connectivity index (χ3n) is 4.59. The molecule has 0 aliphatic carbocycles. The Morgan fingerprint density at radius 3 is 2.70 bits per heavy atom. The van der Waals surface area contributed by atoms with Gasteiger partial charge < -0.3 is 24.6 Å². The van der Waals surface area contributed by atoms with E-state index in [0.29, 0.717) is 22.0 Å². The number of aliphatic hydroxyl groups excluding tert-OH is 3. The molecular formula is C18H18FN3O4S. The summed E-state index contributed by atoms with van der Waals surface area (Å²) in [5, 5.41) is 30.9. The van der Waals surface area contributed by atoms with Crippen LogP contribution in [0.25, 0.3) is 11.0 Å². The lowest BCUT2D eigenvalue weighted by Crippen LogP contribution is -2.33. The van der Waals surface area contributed by atoms with E-state index >= 15 is 0 Å². The summed E-state index contributed by atoms with van der Waals surface area (Å²) in [5.74, 6) is 0.150. The maximum atomic E-state index is 13.8. The van der Waals surface area contributed by atoms with Gasteiger partial charge in [-0.15, -0.1) is 11.8 Å². The second-order valence-electron chi connectivity index (χ2n) is 6.25. The van der Waals surface area contributed by atoms with E-state index in [-0.39, 0.29) is 5.82 Å². The number of halogens is 1. The predicted octanol–water partition coefficient (Wildman–Crippen LogP) is 1.47. The molecule has 0 unspecified atom stereocenters. The summed E-state index contributed by atoms with van der Waals surface area (Å²) < 4.78 is 21.0. The molecule has 0 spiro atoms. The number of thioether (sulfide) groups is 1. The second kappa shape index (κ2) is 7.53. The van der Waals surface area contributed by atoms with Crippen molar-refractivity contribution in [2.24, 2.45) is 0 Å². The molecule has 1 aliphatic heterocycles. The van der Waals surface area contributed by atoms with Gasteiger partial charge in [-0.05, 0) is 17.7 Å². The molecule has 1 saturated heterocycles. The molecule has 0 saturated carbocycles. The second-order valence-corrected chi connectivity index (χ2v) is 7.21. The van der Waals surface area contributed by atoms with Crippen LogP contribution in [0.2, 0.25) is 0 Å². The van der Waals surface area contributed by atoms with E-state index in [1.54, 1.807) is 35.0 Å². The predicted molar refractivity (Wildman–Crippen MR) is 96.5 cm³/mol. The molecule has 0 radical (unpaired) electrons. The van der Waals surface area contributed by atoms with Gasteiger partial charge in [-0.2, -0.15) is 0 Å². The molecule has 0 bridgehead atoms. The molecule has 4 rings (SSSR count). The molecule has 1 fully saturated rings. The normalized spacial score (nSPS) is 25.3. The van der Waals surface area contributed by atoms with Gasteiger partial charge in [0.25, 0.3) is 0 Å². The number of aromatic nitrogens is 3. The average Bonchev–Trinajstić information content (AvgIpc) is 3.23. The molecule has 3 N–H and O–H groups in total. The van der Waals surface area contributed by atoms with E-state index in [9.17, 15) is 19.7 Å². The van der Waals surface area contributed by atoms with Crippen molar-refractivity contribution in [1.82, 2.24) is 14.5 Å². The Bertz CT molecular complexity index is 953. The summed E-state index contributed by atoms with van der Waals surface area (Å²) in [6.45, 7) is -0.396. The molecule has 4 atom stereocenters. The largest absolute Gasteiger partial charge is 0.394 e. The highest BCUT2D eigenvalue weighted by Gasteiger charge is 2.43. The van der Waals surface area contributed by atoms with Crippen LogP contribution in [0.15, 0.2) is 47.9 Å². The maximum Gasteiger partial charge on any atom is 0.164 e. The smallest absolute Gasteiger partial charge is 0.164 e. The summed E-state index contributed by atoms with van der Waals surface area (Å²) in [5.41, 5.74) is 1.10. The lowest BCUT2D eigenvalue weighted by Gasteiger charge is -2.17. The van der Waals surface area contributed by atoms with Crippen molar-refractivity contribution in [1.29, 1.82) is 0 Å². The van der Waals surface area contributed by atoms with Gasteiger partial charge in [0.1, 0.15) is 41.1 Å². The first kappa shape index (κ1) is 18.3. The quantitative estimate of drug-likeness (QED) is 0.447. The zero-order valence-corrected chi connectivity index (χ0v) is 15.0. The van der Waals surface area contributed by atoms with E-state index in [4.69, 9.17) is 4.74 Å². The molecular weight excluding hydrogens is 373 g/mol. The summed E-state index contributed by atoms with van der Waals surface area (Å²) in [7, 11) is 0. The Balaban J connectivity index is 1.61. The van der Waals surface area contributed by atoms with Crippen LogP contribution in [0.1, 0.15) is 11.8 Å². The number of ether oxygens (including phenoxy) is 1. The lowest BCUT2D eigenvalue weighted by molar-refractivity contribution is -0.0508. The van der Waals surface area contributed by atoms with Gasteiger partial charge in [-0.25, -0.2) is 14.4 Å². The van der Waals surface area contributed by atoms with Crippen molar-refractivity contribution in [3.63, 3.8) is 0 Å². The summed E-state index contributed by atoms with van der Waals surface area (Å²) in [6.07, 6.45) is -1.03. The van der Waals surface area contributed by atoms with Crippen LogP contribution in [0.3, 0.4) is 0 Å². The highest BCUT2D eigenvalue weighted by Crippen LogP contribution is 2.34. The number of aliphatic hydroxyl groups is 3. The van der Waals surface area contributed by atoms with E-state index in [2.05, 4.69) is 9.97 Å². The Kier molecular flexibility index (Phi) is 5.11. The van der Waals surface area contributed by atoms with Gasteiger partial charge in [0.15, 0.2) is 6.23 Å². The highest BCUT2D eigenvalue weighted by atomic mass is 32.2. The number of hydrogen-bond donors (Lipinski definition) is 3. The highest BCUT2D eigenvalue weighted by molar-refractivity contribution is 7.98.